The van der Waals surface area contributed by atoms with Gasteiger partial charge in [-0.05, 0) is 45.7 Å². The Morgan fingerprint density at radius 3 is 2.20 bits per heavy atom. The first kappa shape index (κ1) is 16.2. The largest absolute Gasteiger partial charge is 0.302 e. The first-order valence-corrected chi connectivity index (χ1v) is 9.74. The summed E-state index contributed by atoms with van der Waals surface area (Å²) in [4.78, 5) is 2.23. The third-order valence-corrected chi connectivity index (χ3v) is 6.78. The Balaban J connectivity index is 1.90. The molecule has 0 unspecified atom stereocenters. The molecule has 20 heavy (non-hydrogen) atoms. The van der Waals surface area contributed by atoms with Gasteiger partial charge in [0.25, 0.3) is 0 Å². The van der Waals surface area contributed by atoms with Crippen LogP contribution in [-0.2, 0) is 10.0 Å². The molecule has 0 bridgehead atoms. The zero-order valence-corrected chi connectivity index (χ0v) is 13.8. The van der Waals surface area contributed by atoms with E-state index in [1.807, 2.05) is 0 Å². The normalized spacial score (nSPS) is 24.4. The van der Waals surface area contributed by atoms with Crippen molar-refractivity contribution < 1.29 is 8.42 Å². The molecule has 2 aliphatic carbocycles. The minimum Gasteiger partial charge on any atom is -0.302 e. The van der Waals surface area contributed by atoms with Crippen LogP contribution in [0.2, 0.25) is 0 Å². The molecule has 4 nitrogen and oxygen atoms in total. The second-order valence-electron chi connectivity index (χ2n) is 6.93. The van der Waals surface area contributed by atoms with Gasteiger partial charge >= 0.3 is 0 Å². The molecule has 0 saturated heterocycles. The molecule has 0 aromatic rings. The van der Waals surface area contributed by atoms with E-state index in [-0.39, 0.29) is 5.54 Å². The highest BCUT2D eigenvalue weighted by Crippen LogP contribution is 2.32. The van der Waals surface area contributed by atoms with Crippen molar-refractivity contribution in [2.75, 3.05) is 26.4 Å². The summed E-state index contributed by atoms with van der Waals surface area (Å²) in [6.07, 6.45) is 10.5. The lowest BCUT2D eigenvalue weighted by molar-refractivity contribution is 0.105. The average molecular weight is 302 g/mol. The third-order valence-electron chi connectivity index (χ3n) is 5.28. The summed E-state index contributed by atoms with van der Waals surface area (Å²) < 4.78 is 27.4. The molecule has 0 amide bonds. The van der Waals surface area contributed by atoms with Gasteiger partial charge in [-0.2, -0.15) is 0 Å². The van der Waals surface area contributed by atoms with Gasteiger partial charge in [-0.3, -0.25) is 0 Å². The quantitative estimate of drug-likeness (QED) is 0.819. The second-order valence-corrected chi connectivity index (χ2v) is 8.78. The van der Waals surface area contributed by atoms with Gasteiger partial charge in [-0.1, -0.05) is 32.1 Å². The Kier molecular flexibility index (Phi) is 5.49. The van der Waals surface area contributed by atoms with Crippen LogP contribution in [-0.4, -0.2) is 45.2 Å². The van der Waals surface area contributed by atoms with Gasteiger partial charge in [-0.15, -0.1) is 0 Å². The van der Waals surface area contributed by atoms with Crippen LogP contribution in [0.1, 0.15) is 57.8 Å². The predicted octanol–water partition coefficient (Wildman–Crippen LogP) is 2.36. The van der Waals surface area contributed by atoms with E-state index < -0.39 is 10.0 Å². The highest BCUT2D eigenvalue weighted by molar-refractivity contribution is 7.89. The van der Waals surface area contributed by atoms with Crippen LogP contribution in [0.3, 0.4) is 0 Å². The van der Waals surface area contributed by atoms with Gasteiger partial charge in [0, 0.05) is 12.1 Å². The number of nitrogens with zero attached hydrogens (tertiary/aromatic N) is 1. The monoisotopic (exact) mass is 302 g/mol. The number of rotatable bonds is 6. The Hall–Kier alpha value is -0.130. The Morgan fingerprint density at radius 2 is 1.65 bits per heavy atom. The molecule has 0 aliphatic heterocycles. The molecule has 0 spiro atoms. The molecular weight excluding hydrogens is 272 g/mol. The van der Waals surface area contributed by atoms with E-state index in [2.05, 4.69) is 23.7 Å². The lowest BCUT2D eigenvalue weighted by atomic mass is 9.81. The third kappa shape index (κ3) is 4.18. The van der Waals surface area contributed by atoms with Crippen LogP contribution in [0.4, 0.5) is 0 Å². The molecule has 0 radical (unpaired) electrons. The molecule has 0 heterocycles. The standard InChI is InChI=1S/C15H30N2O2S/c1-17(2)15(10-6-3-7-11-15)13-16-20(18,19)12-14-8-4-5-9-14/h14,16H,3-13H2,1-2H3. The van der Waals surface area contributed by atoms with Crippen molar-refractivity contribution in [1.82, 2.24) is 9.62 Å². The van der Waals surface area contributed by atoms with Crippen molar-refractivity contribution in [2.45, 2.75) is 63.3 Å². The fourth-order valence-electron chi connectivity index (χ4n) is 3.78. The van der Waals surface area contributed by atoms with Crippen molar-refractivity contribution in [2.24, 2.45) is 5.92 Å². The Labute approximate surface area is 124 Å². The van der Waals surface area contributed by atoms with E-state index in [0.29, 0.717) is 18.2 Å². The molecule has 5 heteroatoms. The Bertz CT molecular complexity index is 394. The van der Waals surface area contributed by atoms with Crippen molar-refractivity contribution in [3.8, 4) is 0 Å². The van der Waals surface area contributed by atoms with E-state index in [1.165, 1.54) is 32.1 Å². The number of likely N-dealkylation sites (N-methyl/N-ethyl adjacent to an activating group) is 1. The molecule has 118 valence electrons. The van der Waals surface area contributed by atoms with Gasteiger partial charge in [-0.25, -0.2) is 13.1 Å². The molecule has 0 atom stereocenters. The number of nitrogens with one attached hydrogen (secondary N) is 1. The van der Waals surface area contributed by atoms with Crippen molar-refractivity contribution >= 4 is 10.0 Å². The smallest absolute Gasteiger partial charge is 0.211 e. The van der Waals surface area contributed by atoms with Gasteiger partial charge < -0.3 is 4.90 Å². The van der Waals surface area contributed by atoms with Crippen LogP contribution in [0.5, 0.6) is 0 Å². The average Bonchev–Trinajstić information content (AvgIpc) is 2.89. The molecule has 2 fully saturated rings. The van der Waals surface area contributed by atoms with E-state index in [0.717, 1.165) is 25.7 Å². The molecule has 2 aliphatic rings. The fraction of sp³-hybridized carbons (Fsp3) is 1.00. The maximum absolute atomic E-state index is 12.3. The highest BCUT2D eigenvalue weighted by atomic mass is 32.2. The fourth-order valence-corrected chi connectivity index (χ4v) is 5.34. The summed E-state index contributed by atoms with van der Waals surface area (Å²) in [7, 11) is 1.05. The summed E-state index contributed by atoms with van der Waals surface area (Å²) >= 11 is 0. The van der Waals surface area contributed by atoms with Crippen LogP contribution < -0.4 is 4.72 Å². The Morgan fingerprint density at radius 1 is 1.05 bits per heavy atom. The lowest BCUT2D eigenvalue weighted by Crippen LogP contribution is -2.54. The van der Waals surface area contributed by atoms with Gasteiger partial charge in [0.05, 0.1) is 5.75 Å². The predicted molar refractivity (Wildman–Crippen MR) is 83.3 cm³/mol. The van der Waals surface area contributed by atoms with Crippen LogP contribution >= 0.6 is 0 Å². The first-order valence-electron chi connectivity index (χ1n) is 8.08. The van der Waals surface area contributed by atoms with E-state index in [9.17, 15) is 8.42 Å². The summed E-state index contributed by atoms with van der Waals surface area (Å²) in [5.41, 5.74) is 0.0288. The van der Waals surface area contributed by atoms with Crippen molar-refractivity contribution in [3.63, 3.8) is 0 Å². The minimum atomic E-state index is -3.11. The summed E-state index contributed by atoms with van der Waals surface area (Å²) in [6.45, 7) is 0.578. The molecule has 2 rings (SSSR count). The van der Waals surface area contributed by atoms with Crippen LogP contribution in [0, 0.1) is 5.92 Å². The zero-order chi connectivity index (χ0) is 14.6. The molecule has 0 aromatic heterocycles. The summed E-state index contributed by atoms with van der Waals surface area (Å²) in [5, 5.41) is 0. The van der Waals surface area contributed by atoms with Crippen molar-refractivity contribution in [3.05, 3.63) is 0 Å². The first-order chi connectivity index (χ1) is 9.44. The molecular formula is C15H30N2O2S. The highest BCUT2D eigenvalue weighted by Gasteiger charge is 2.35. The van der Waals surface area contributed by atoms with E-state index in [4.69, 9.17) is 0 Å². The maximum atomic E-state index is 12.3. The molecule has 0 aromatic carbocycles. The van der Waals surface area contributed by atoms with Crippen molar-refractivity contribution in [1.29, 1.82) is 0 Å². The SMILES string of the molecule is CN(C)C1(CNS(=O)(=O)CC2CCCC2)CCCCC1. The number of hydrogen-bond donors (Lipinski definition) is 1. The minimum absolute atomic E-state index is 0.0288. The second kappa shape index (κ2) is 6.75. The van der Waals surface area contributed by atoms with Crippen LogP contribution in [0.25, 0.3) is 0 Å². The van der Waals surface area contributed by atoms with Gasteiger partial charge in [0.2, 0.25) is 10.0 Å². The maximum Gasteiger partial charge on any atom is 0.211 e. The van der Waals surface area contributed by atoms with E-state index >= 15 is 0 Å². The molecule has 2 saturated carbocycles. The van der Waals surface area contributed by atoms with Gasteiger partial charge in [0.15, 0.2) is 0 Å². The number of sulfonamides is 1. The molecule has 1 N–H and O–H groups in total. The van der Waals surface area contributed by atoms with Crippen LogP contribution in [0.15, 0.2) is 0 Å². The lowest BCUT2D eigenvalue weighted by Gasteiger charge is -2.43. The van der Waals surface area contributed by atoms with E-state index in [1.54, 1.807) is 0 Å². The number of hydrogen-bond acceptors (Lipinski definition) is 3. The summed E-state index contributed by atoms with van der Waals surface area (Å²) in [6, 6.07) is 0. The topological polar surface area (TPSA) is 49.4 Å². The van der Waals surface area contributed by atoms with Gasteiger partial charge in [0.1, 0.15) is 0 Å². The summed E-state index contributed by atoms with van der Waals surface area (Å²) in [5.74, 6) is 0.713. The zero-order valence-electron chi connectivity index (χ0n) is 13.0.